The zero-order chi connectivity index (χ0) is 26.7. The molecule has 2 aromatic carbocycles. The monoisotopic (exact) mass is 546 g/mol. The van der Waals surface area contributed by atoms with Crippen molar-refractivity contribution in [3.05, 3.63) is 65.5 Å². The summed E-state index contributed by atoms with van der Waals surface area (Å²) >= 11 is 1.27. The van der Waals surface area contributed by atoms with Crippen LogP contribution in [-0.4, -0.2) is 45.0 Å². The summed E-state index contributed by atoms with van der Waals surface area (Å²) < 4.78 is 29.5. The molecule has 1 heterocycles. The summed E-state index contributed by atoms with van der Waals surface area (Å²) in [7, 11) is -1.95. The average molecular weight is 547 g/mol. The number of rotatable bonds is 13. The molecule has 3 aromatic rings. The highest BCUT2D eigenvalue weighted by molar-refractivity contribution is 7.87. The van der Waals surface area contributed by atoms with Gasteiger partial charge in [0.1, 0.15) is 12.6 Å². The first-order valence-electron chi connectivity index (χ1n) is 11.5. The van der Waals surface area contributed by atoms with Gasteiger partial charge in [-0.15, -0.1) is 11.3 Å². The van der Waals surface area contributed by atoms with Gasteiger partial charge in [-0.25, -0.2) is 19.6 Å². The summed E-state index contributed by atoms with van der Waals surface area (Å²) in [6, 6.07) is 16.0. The minimum atomic E-state index is -3.79. The normalized spacial score (nSPS) is 11.9. The van der Waals surface area contributed by atoms with Crippen LogP contribution in [0.15, 0.2) is 60.0 Å². The zero-order valence-electron chi connectivity index (χ0n) is 20.3. The molecule has 0 saturated heterocycles. The summed E-state index contributed by atoms with van der Waals surface area (Å²) in [5, 5.41) is 15.6. The Morgan fingerprint density at radius 2 is 1.81 bits per heavy atom. The van der Waals surface area contributed by atoms with Crippen LogP contribution in [0.3, 0.4) is 0 Å². The first-order chi connectivity index (χ1) is 17.7. The second-order valence-corrected chi connectivity index (χ2v) is 10.3. The van der Waals surface area contributed by atoms with Gasteiger partial charge in [0.05, 0.1) is 5.69 Å². The van der Waals surface area contributed by atoms with Gasteiger partial charge in [-0.1, -0.05) is 42.5 Å². The van der Waals surface area contributed by atoms with Crippen LogP contribution in [0.4, 0.5) is 15.6 Å². The fourth-order valence-corrected chi connectivity index (χ4v) is 4.48. The van der Waals surface area contributed by atoms with Gasteiger partial charge in [0.15, 0.2) is 5.13 Å². The molecule has 0 bridgehead atoms. The van der Waals surface area contributed by atoms with Crippen molar-refractivity contribution in [3.63, 3.8) is 0 Å². The lowest BCUT2D eigenvalue weighted by Gasteiger charge is -2.17. The van der Waals surface area contributed by atoms with E-state index in [1.54, 1.807) is 0 Å². The number of nitrogens with two attached hydrogens (primary N) is 1. The Bertz CT molecular complexity index is 1270. The fraction of sp³-hybridized carbons (Fsp3) is 0.292. The highest BCUT2D eigenvalue weighted by Gasteiger charge is 2.22. The van der Waals surface area contributed by atoms with E-state index in [0.717, 1.165) is 16.8 Å². The number of hydrogen-bond donors (Lipinski definition) is 5. The van der Waals surface area contributed by atoms with Crippen molar-refractivity contribution < 1.29 is 22.7 Å². The number of thiazole rings is 1. The topological polar surface area (TPSA) is 165 Å². The zero-order valence-corrected chi connectivity index (χ0v) is 21.9. The third-order valence-electron chi connectivity index (χ3n) is 5.25. The largest absolute Gasteiger partial charge is 0.445 e. The van der Waals surface area contributed by atoms with Gasteiger partial charge in [0, 0.05) is 30.2 Å². The Kier molecular flexibility index (Phi) is 10.4. The smallest absolute Gasteiger partial charge is 0.408 e. The Hall–Kier alpha value is -3.52. The molecule has 37 heavy (non-hydrogen) atoms. The molecular weight excluding hydrogens is 516 g/mol. The van der Waals surface area contributed by atoms with E-state index in [0.29, 0.717) is 23.7 Å². The van der Waals surface area contributed by atoms with Crippen molar-refractivity contribution >= 4 is 44.4 Å². The lowest BCUT2D eigenvalue weighted by atomic mass is 10.1. The summed E-state index contributed by atoms with van der Waals surface area (Å²) in [5.74, 6) is -0.456. The summed E-state index contributed by atoms with van der Waals surface area (Å²) in [4.78, 5) is 29.9. The van der Waals surface area contributed by atoms with E-state index < -0.39 is 28.3 Å². The molecule has 0 aliphatic heterocycles. The van der Waals surface area contributed by atoms with Crippen LogP contribution < -0.4 is 25.8 Å². The van der Waals surface area contributed by atoms with Crippen LogP contribution in [0, 0.1) is 0 Å². The van der Waals surface area contributed by atoms with Crippen molar-refractivity contribution in [2.75, 3.05) is 24.2 Å². The lowest BCUT2D eigenvalue weighted by Crippen LogP contribution is -2.44. The molecule has 2 amide bonds. The van der Waals surface area contributed by atoms with E-state index in [4.69, 9.17) is 9.88 Å². The molecule has 6 N–H and O–H groups in total. The number of nitrogens with zero attached hydrogens (tertiary/aromatic N) is 1. The van der Waals surface area contributed by atoms with Crippen LogP contribution in [0.25, 0.3) is 11.3 Å². The third kappa shape index (κ3) is 9.80. The molecular formula is C24H30N6O5S2. The van der Waals surface area contributed by atoms with Gasteiger partial charge < -0.3 is 20.7 Å². The van der Waals surface area contributed by atoms with Gasteiger partial charge in [-0.2, -0.15) is 8.42 Å². The number of ether oxygens (including phenoxy) is 1. The maximum Gasteiger partial charge on any atom is 0.408 e. The molecule has 0 fully saturated rings. The highest BCUT2D eigenvalue weighted by Crippen LogP contribution is 2.26. The number of carbonyl (C=O) groups excluding carboxylic acids is 2. The number of aromatic nitrogens is 1. The lowest BCUT2D eigenvalue weighted by molar-refractivity contribution is -0.118. The molecule has 0 spiro atoms. The second kappa shape index (κ2) is 13.7. The average Bonchev–Trinajstić information content (AvgIpc) is 3.35. The molecule has 0 aliphatic carbocycles. The molecule has 198 valence electrons. The number of alkyl carbamates (subject to hydrolysis) is 1. The van der Waals surface area contributed by atoms with Crippen molar-refractivity contribution in [2.45, 2.75) is 31.9 Å². The van der Waals surface area contributed by atoms with Crippen LogP contribution in [-0.2, 0) is 26.3 Å². The molecule has 0 radical (unpaired) electrons. The Morgan fingerprint density at radius 3 is 2.49 bits per heavy atom. The fourth-order valence-electron chi connectivity index (χ4n) is 3.33. The number of anilines is 2. The first kappa shape index (κ1) is 28.1. The molecule has 1 atom stereocenters. The quantitative estimate of drug-likeness (QED) is 0.206. The maximum atomic E-state index is 13.0. The van der Waals surface area contributed by atoms with Crippen molar-refractivity contribution in [1.29, 1.82) is 0 Å². The summed E-state index contributed by atoms with van der Waals surface area (Å²) in [5.41, 5.74) is 3.40. The van der Waals surface area contributed by atoms with Crippen LogP contribution in [0.5, 0.6) is 0 Å². The predicted octanol–water partition coefficient (Wildman–Crippen LogP) is 3.05. The van der Waals surface area contributed by atoms with Gasteiger partial charge in [0.25, 0.3) is 10.2 Å². The highest BCUT2D eigenvalue weighted by atomic mass is 32.2. The third-order valence-corrected chi connectivity index (χ3v) is 6.61. The number of nitrogens with one attached hydrogen (secondary N) is 4. The summed E-state index contributed by atoms with van der Waals surface area (Å²) in [6.07, 6.45) is 0.379. The predicted molar refractivity (Wildman–Crippen MR) is 144 cm³/mol. The number of hydrogen-bond acceptors (Lipinski definition) is 8. The molecule has 3 rings (SSSR count). The van der Waals surface area contributed by atoms with Gasteiger partial charge in [0.2, 0.25) is 5.91 Å². The van der Waals surface area contributed by atoms with E-state index in [-0.39, 0.29) is 19.6 Å². The number of amides is 2. The SMILES string of the molecule is CNc1ccc(-c2csc(NC(=O)[C@H](CCCCNS(N)(=O)=O)NC(=O)OCc3ccccc3)n2)cc1. The van der Waals surface area contributed by atoms with Crippen LogP contribution >= 0.6 is 11.3 Å². The van der Waals surface area contributed by atoms with Crippen molar-refractivity contribution in [2.24, 2.45) is 5.14 Å². The van der Waals surface area contributed by atoms with E-state index in [9.17, 15) is 18.0 Å². The molecule has 0 saturated carbocycles. The van der Waals surface area contributed by atoms with Gasteiger partial charge in [-0.05, 0) is 37.0 Å². The van der Waals surface area contributed by atoms with Crippen molar-refractivity contribution in [1.82, 2.24) is 15.0 Å². The molecule has 0 aliphatic rings. The van der Waals surface area contributed by atoms with Gasteiger partial charge >= 0.3 is 6.09 Å². The van der Waals surface area contributed by atoms with Crippen LogP contribution in [0.2, 0.25) is 0 Å². The van der Waals surface area contributed by atoms with Crippen LogP contribution in [0.1, 0.15) is 24.8 Å². The molecule has 1 aromatic heterocycles. The van der Waals surface area contributed by atoms with E-state index in [1.807, 2.05) is 67.0 Å². The maximum absolute atomic E-state index is 13.0. The molecule has 11 nitrogen and oxygen atoms in total. The Morgan fingerprint density at radius 1 is 1.08 bits per heavy atom. The number of carbonyl (C=O) groups is 2. The first-order valence-corrected chi connectivity index (χ1v) is 14.0. The Labute approximate surface area is 220 Å². The number of benzene rings is 2. The number of unbranched alkanes of at least 4 members (excludes halogenated alkanes) is 1. The van der Waals surface area contributed by atoms with Gasteiger partial charge in [-0.3, -0.25) is 4.79 Å². The van der Waals surface area contributed by atoms with Crippen molar-refractivity contribution in [3.8, 4) is 11.3 Å². The minimum Gasteiger partial charge on any atom is -0.445 e. The second-order valence-electron chi connectivity index (χ2n) is 8.05. The van der Waals surface area contributed by atoms with E-state index >= 15 is 0 Å². The Balaban J connectivity index is 1.60. The molecule has 13 heteroatoms. The molecule has 0 unspecified atom stereocenters. The minimum absolute atomic E-state index is 0.0570. The standard InChI is InChI=1S/C24H30N6O5S2/c1-26-19-12-10-18(11-13-19)21-16-36-23(28-21)30-22(31)20(9-5-6-14-27-37(25,33)34)29-24(32)35-15-17-7-3-2-4-8-17/h2-4,7-8,10-13,16,20,26-27H,5-6,9,14-15H2,1H3,(H,29,32)(H2,25,33,34)(H,28,30,31)/t20-/m0/s1. The summed E-state index contributed by atoms with van der Waals surface area (Å²) in [6.45, 7) is 0.176. The van der Waals surface area contributed by atoms with E-state index in [1.165, 1.54) is 11.3 Å². The van der Waals surface area contributed by atoms with E-state index in [2.05, 4.69) is 25.7 Å².